The number of nitrogens with one attached hydrogen (secondary N) is 1. The van der Waals surface area contributed by atoms with Crippen LogP contribution in [0.3, 0.4) is 0 Å². The number of methoxy groups -OCH3 is 2. The molecular weight excluding hydrogens is 412 g/mol. The quantitative estimate of drug-likeness (QED) is 0.409. The number of rotatable bonds is 4. The maximum Gasteiger partial charge on any atom is 0.273 e. The van der Waals surface area contributed by atoms with Crippen molar-refractivity contribution >= 4 is 27.3 Å². The molecule has 140 valence electrons. The molecule has 1 heterocycles. The molecule has 1 aliphatic heterocycles. The molecule has 3 atom stereocenters. The van der Waals surface area contributed by atoms with Crippen molar-refractivity contribution in [3.63, 3.8) is 0 Å². The van der Waals surface area contributed by atoms with Crippen LogP contribution in [0.4, 0.5) is 11.4 Å². The van der Waals surface area contributed by atoms with E-state index in [2.05, 4.69) is 39.5 Å². The normalized spacial score (nSPS) is 22.6. The maximum absolute atomic E-state index is 11.3. The Labute approximate surface area is 165 Å². The second kappa shape index (κ2) is 6.88. The van der Waals surface area contributed by atoms with Crippen LogP contribution in [0.1, 0.15) is 29.5 Å². The largest absolute Gasteiger partial charge is 0.496 e. The zero-order valence-electron chi connectivity index (χ0n) is 14.9. The fraction of sp³-hybridized carbons (Fsp3) is 0.300. The maximum atomic E-state index is 11.3. The molecule has 4 rings (SSSR count). The Morgan fingerprint density at radius 2 is 1.93 bits per heavy atom. The van der Waals surface area contributed by atoms with Crippen molar-refractivity contribution in [1.29, 1.82) is 0 Å². The predicted molar refractivity (Wildman–Crippen MR) is 107 cm³/mol. The Bertz CT molecular complexity index is 944. The highest BCUT2D eigenvalue weighted by Crippen LogP contribution is 2.54. The third-order valence-corrected chi connectivity index (χ3v) is 5.87. The Morgan fingerprint density at radius 1 is 1.15 bits per heavy atom. The molecule has 0 amide bonds. The molecule has 2 aromatic carbocycles. The lowest BCUT2D eigenvalue weighted by atomic mass is 9.76. The molecule has 2 aromatic rings. The van der Waals surface area contributed by atoms with E-state index < -0.39 is 0 Å². The number of nitro benzene ring substituents is 1. The van der Waals surface area contributed by atoms with E-state index in [1.54, 1.807) is 13.2 Å². The first-order valence-corrected chi connectivity index (χ1v) is 9.45. The second-order valence-electron chi connectivity index (χ2n) is 6.73. The van der Waals surface area contributed by atoms with Crippen LogP contribution in [-0.2, 0) is 0 Å². The number of nitro groups is 1. The van der Waals surface area contributed by atoms with Crippen LogP contribution in [0.15, 0.2) is 47.0 Å². The minimum absolute atomic E-state index is 0.000283. The number of fused-ring (bicyclic) bond motifs is 3. The van der Waals surface area contributed by atoms with Gasteiger partial charge in [0, 0.05) is 22.0 Å². The van der Waals surface area contributed by atoms with Crippen molar-refractivity contribution in [2.45, 2.75) is 18.4 Å². The molecule has 2 aliphatic rings. The van der Waals surface area contributed by atoms with Crippen LogP contribution in [0.5, 0.6) is 11.5 Å². The fourth-order valence-electron chi connectivity index (χ4n) is 4.17. The van der Waals surface area contributed by atoms with Gasteiger partial charge in [-0.25, -0.2) is 0 Å². The Hall–Kier alpha value is -2.54. The number of allylic oxidation sites excluding steroid dienone is 2. The van der Waals surface area contributed by atoms with Gasteiger partial charge in [-0.1, -0.05) is 28.1 Å². The van der Waals surface area contributed by atoms with Gasteiger partial charge in [-0.3, -0.25) is 10.1 Å². The number of halogens is 1. The van der Waals surface area contributed by atoms with Gasteiger partial charge in [0.2, 0.25) is 0 Å². The zero-order valence-corrected chi connectivity index (χ0v) is 16.5. The number of non-ortho nitro benzene ring substituents is 1. The van der Waals surface area contributed by atoms with Crippen molar-refractivity contribution in [3.05, 3.63) is 68.2 Å². The van der Waals surface area contributed by atoms with Gasteiger partial charge in [0.15, 0.2) is 0 Å². The Kier molecular flexibility index (Phi) is 4.55. The van der Waals surface area contributed by atoms with Gasteiger partial charge in [-0.15, -0.1) is 0 Å². The Balaban J connectivity index is 1.87. The van der Waals surface area contributed by atoms with Crippen molar-refractivity contribution in [1.82, 2.24) is 0 Å². The number of benzene rings is 2. The lowest BCUT2D eigenvalue weighted by molar-refractivity contribution is -0.385. The zero-order chi connectivity index (χ0) is 19.1. The Morgan fingerprint density at radius 3 is 2.63 bits per heavy atom. The van der Waals surface area contributed by atoms with Crippen LogP contribution in [0.2, 0.25) is 0 Å². The minimum Gasteiger partial charge on any atom is -0.496 e. The van der Waals surface area contributed by atoms with E-state index in [4.69, 9.17) is 9.47 Å². The van der Waals surface area contributed by atoms with Gasteiger partial charge in [0.25, 0.3) is 5.69 Å². The number of ether oxygens (including phenoxy) is 2. The second-order valence-corrected chi connectivity index (χ2v) is 7.65. The van der Waals surface area contributed by atoms with Crippen molar-refractivity contribution in [3.8, 4) is 11.5 Å². The molecule has 1 aliphatic carbocycles. The summed E-state index contributed by atoms with van der Waals surface area (Å²) in [4.78, 5) is 11.0. The summed E-state index contributed by atoms with van der Waals surface area (Å²) in [7, 11) is 3.20. The lowest BCUT2D eigenvalue weighted by Gasteiger charge is -2.38. The molecule has 0 saturated heterocycles. The smallest absolute Gasteiger partial charge is 0.273 e. The molecular formula is C20H19BrN2O4. The van der Waals surface area contributed by atoms with E-state index in [9.17, 15) is 10.1 Å². The topological polar surface area (TPSA) is 73.6 Å². The van der Waals surface area contributed by atoms with E-state index in [-0.39, 0.29) is 28.5 Å². The number of anilines is 1. The summed E-state index contributed by atoms with van der Waals surface area (Å²) < 4.78 is 12.1. The highest BCUT2D eigenvalue weighted by Gasteiger charge is 2.41. The molecule has 27 heavy (non-hydrogen) atoms. The first kappa shape index (κ1) is 17.9. The lowest BCUT2D eigenvalue weighted by Crippen LogP contribution is -2.29. The van der Waals surface area contributed by atoms with Crippen molar-refractivity contribution in [2.75, 3.05) is 19.5 Å². The summed E-state index contributed by atoms with van der Waals surface area (Å²) in [5.41, 5.74) is 2.81. The van der Waals surface area contributed by atoms with Gasteiger partial charge in [-0.2, -0.15) is 0 Å². The highest BCUT2D eigenvalue weighted by molar-refractivity contribution is 9.10. The summed E-state index contributed by atoms with van der Waals surface area (Å²) in [5, 5.41) is 14.9. The molecule has 0 fully saturated rings. The summed E-state index contributed by atoms with van der Waals surface area (Å²) in [6, 6.07) is 9.09. The molecule has 7 heteroatoms. The number of hydrogen-bond donors (Lipinski definition) is 1. The van der Waals surface area contributed by atoms with Gasteiger partial charge in [0.1, 0.15) is 11.5 Å². The summed E-state index contributed by atoms with van der Waals surface area (Å²) >= 11 is 3.55. The van der Waals surface area contributed by atoms with Crippen LogP contribution in [-0.4, -0.2) is 19.1 Å². The van der Waals surface area contributed by atoms with Crippen LogP contribution >= 0.6 is 15.9 Å². The third-order valence-electron chi connectivity index (χ3n) is 5.38. The standard InChI is InChI=1S/C20H19BrN2O4/c1-26-17-7-6-11(21)8-16(17)19-14-5-3-4-13(14)15-9-12(23(24)25)10-18(27-2)20(15)22-19/h3-4,6-10,13-14,19,22H,5H2,1-2H3/t13-,14+,19+/m0/s1. The van der Waals surface area contributed by atoms with Crippen molar-refractivity contribution in [2.24, 2.45) is 5.92 Å². The van der Waals surface area contributed by atoms with Crippen LogP contribution in [0, 0.1) is 16.0 Å². The van der Waals surface area contributed by atoms with Crippen LogP contribution in [0.25, 0.3) is 0 Å². The van der Waals surface area contributed by atoms with E-state index in [1.807, 2.05) is 12.1 Å². The van der Waals surface area contributed by atoms with E-state index >= 15 is 0 Å². The number of hydrogen-bond acceptors (Lipinski definition) is 5. The molecule has 0 aromatic heterocycles. The van der Waals surface area contributed by atoms with Gasteiger partial charge >= 0.3 is 0 Å². The average Bonchev–Trinajstić information content (AvgIpc) is 3.16. The van der Waals surface area contributed by atoms with Crippen molar-refractivity contribution < 1.29 is 14.4 Å². The molecule has 6 nitrogen and oxygen atoms in total. The SMILES string of the molecule is COc1ccc(Br)cc1[C@@H]1Nc2c(OC)cc([N+](=O)[O-])cc2[C@H]2C=CC[C@H]21. The number of nitrogens with zero attached hydrogens (tertiary/aromatic N) is 1. The average molecular weight is 431 g/mol. The molecule has 0 saturated carbocycles. The van der Waals surface area contributed by atoms with E-state index in [0.29, 0.717) is 5.75 Å². The van der Waals surface area contributed by atoms with Gasteiger partial charge < -0.3 is 14.8 Å². The summed E-state index contributed by atoms with van der Waals surface area (Å²) in [5.74, 6) is 1.62. The van der Waals surface area contributed by atoms with Gasteiger partial charge in [-0.05, 0) is 36.1 Å². The monoisotopic (exact) mass is 430 g/mol. The molecule has 0 radical (unpaired) electrons. The summed E-state index contributed by atoms with van der Waals surface area (Å²) in [6.45, 7) is 0. The molecule has 1 N–H and O–H groups in total. The molecule has 0 spiro atoms. The van der Waals surface area contributed by atoms with E-state index in [0.717, 1.165) is 33.5 Å². The minimum atomic E-state index is -0.375. The first-order chi connectivity index (χ1) is 13.0. The first-order valence-electron chi connectivity index (χ1n) is 8.66. The predicted octanol–water partition coefficient (Wildman–Crippen LogP) is 5.20. The highest BCUT2D eigenvalue weighted by atomic mass is 79.9. The van der Waals surface area contributed by atoms with E-state index in [1.165, 1.54) is 13.2 Å². The van der Waals surface area contributed by atoms with Gasteiger partial charge in [0.05, 0.1) is 36.9 Å². The molecule has 0 bridgehead atoms. The summed E-state index contributed by atoms with van der Waals surface area (Å²) in [6.07, 6.45) is 5.18. The fourth-order valence-corrected chi connectivity index (χ4v) is 4.55. The third kappa shape index (κ3) is 2.96. The molecule has 0 unspecified atom stereocenters. The van der Waals surface area contributed by atoms with Crippen LogP contribution < -0.4 is 14.8 Å².